The van der Waals surface area contributed by atoms with Gasteiger partial charge in [0.25, 0.3) is 0 Å². The molecule has 0 bridgehead atoms. The summed E-state index contributed by atoms with van der Waals surface area (Å²) < 4.78 is 14.5. The molecule has 1 atom stereocenters. The van der Waals surface area contributed by atoms with Crippen molar-refractivity contribution in [2.75, 3.05) is 31.2 Å². The maximum Gasteiger partial charge on any atom is 0.337 e. The summed E-state index contributed by atoms with van der Waals surface area (Å²) in [5, 5.41) is 18.0. The summed E-state index contributed by atoms with van der Waals surface area (Å²) in [5.74, 6) is 1.43. The molecule has 240 valence electrons. The van der Waals surface area contributed by atoms with Gasteiger partial charge in [0.05, 0.1) is 34.5 Å². The standard InChI is InChI=1S/C36H39ClN4O4S/c1-20-16-27-32(30(22-6-9-25(37)10-7-22)29(20)31(35(42)43)45-36(2,3)4)46-34(38-27)23-8-11-28-26(17-23)33(39-40(28)5)41-14-12-21(13-15-41)24-18-44-19-24/h6-11,16-17,21,24,31H,12-15,18-19H2,1-5H3,(H,42,43)/t31-/m0/s1. The molecule has 2 aliphatic rings. The van der Waals surface area contributed by atoms with E-state index in [2.05, 4.69) is 23.1 Å². The molecule has 0 radical (unpaired) electrons. The van der Waals surface area contributed by atoms with Crippen LogP contribution in [0.2, 0.25) is 5.02 Å². The van der Waals surface area contributed by atoms with Gasteiger partial charge in [-0.3, -0.25) is 4.68 Å². The number of aromatic nitrogens is 3. The van der Waals surface area contributed by atoms with Crippen LogP contribution in [-0.4, -0.2) is 57.7 Å². The third-order valence-corrected chi connectivity index (χ3v) is 10.7. The number of aryl methyl sites for hydroxylation is 2. The number of carbonyl (C=O) groups is 1. The number of nitrogens with zero attached hydrogens (tertiary/aromatic N) is 4. The molecular weight excluding hydrogens is 620 g/mol. The minimum Gasteiger partial charge on any atom is -0.479 e. The SMILES string of the molecule is Cc1cc2nc(-c3ccc4c(c3)c(N3CCC(C5COC5)CC3)nn4C)sc2c(-c2ccc(Cl)cc2)c1[C@H](OC(C)(C)C)C(=O)O. The number of carboxylic acids is 1. The van der Waals surface area contributed by atoms with E-state index in [4.69, 9.17) is 31.2 Å². The first-order chi connectivity index (χ1) is 22.0. The van der Waals surface area contributed by atoms with Crippen molar-refractivity contribution in [2.45, 2.75) is 52.2 Å². The zero-order valence-corrected chi connectivity index (χ0v) is 28.4. The molecule has 8 nitrogen and oxygen atoms in total. The molecule has 1 N–H and O–H groups in total. The fourth-order valence-electron chi connectivity index (χ4n) is 6.88. The molecule has 2 aromatic heterocycles. The number of thiazole rings is 1. The molecule has 5 aromatic rings. The monoisotopic (exact) mass is 658 g/mol. The Labute approximate surface area is 277 Å². The number of anilines is 1. The highest BCUT2D eigenvalue weighted by Crippen LogP contribution is 2.45. The molecule has 3 aromatic carbocycles. The Kier molecular flexibility index (Phi) is 8.08. The topological polar surface area (TPSA) is 89.7 Å². The second kappa shape index (κ2) is 11.9. The van der Waals surface area contributed by atoms with E-state index in [1.165, 1.54) is 0 Å². The van der Waals surface area contributed by atoms with Crippen molar-refractivity contribution >= 4 is 55.8 Å². The Morgan fingerprint density at radius 3 is 2.39 bits per heavy atom. The lowest BCUT2D eigenvalue weighted by atomic mass is 9.83. The van der Waals surface area contributed by atoms with Crippen LogP contribution in [0, 0.1) is 18.8 Å². The van der Waals surface area contributed by atoms with E-state index in [9.17, 15) is 9.90 Å². The average molecular weight is 659 g/mol. The first-order valence-electron chi connectivity index (χ1n) is 15.9. The summed E-state index contributed by atoms with van der Waals surface area (Å²) in [6.07, 6.45) is 1.17. The number of rotatable bonds is 7. The number of piperidine rings is 1. The zero-order valence-electron chi connectivity index (χ0n) is 26.8. The van der Waals surface area contributed by atoms with E-state index in [-0.39, 0.29) is 0 Å². The maximum absolute atomic E-state index is 12.7. The van der Waals surface area contributed by atoms with E-state index in [1.807, 2.05) is 69.8 Å². The predicted molar refractivity (Wildman–Crippen MR) is 185 cm³/mol. The highest BCUT2D eigenvalue weighted by atomic mass is 35.5. The van der Waals surface area contributed by atoms with E-state index in [0.29, 0.717) is 16.5 Å². The van der Waals surface area contributed by atoms with Gasteiger partial charge in [-0.25, -0.2) is 9.78 Å². The van der Waals surface area contributed by atoms with Crippen molar-refractivity contribution in [3.63, 3.8) is 0 Å². The fourth-order valence-corrected chi connectivity index (χ4v) is 8.13. The van der Waals surface area contributed by atoms with Gasteiger partial charge in [0.2, 0.25) is 0 Å². The number of hydrogen-bond acceptors (Lipinski definition) is 7. The Morgan fingerprint density at radius 1 is 1.07 bits per heavy atom. The number of ether oxygens (including phenoxy) is 2. The highest BCUT2D eigenvalue weighted by molar-refractivity contribution is 7.22. The predicted octanol–water partition coefficient (Wildman–Crippen LogP) is 8.28. The van der Waals surface area contributed by atoms with Gasteiger partial charge in [-0.1, -0.05) is 23.7 Å². The van der Waals surface area contributed by atoms with Crippen molar-refractivity contribution in [1.82, 2.24) is 14.8 Å². The highest BCUT2D eigenvalue weighted by Gasteiger charge is 2.34. The van der Waals surface area contributed by atoms with E-state index >= 15 is 0 Å². The molecule has 2 saturated heterocycles. The van der Waals surface area contributed by atoms with E-state index < -0.39 is 17.7 Å². The Balaban J connectivity index is 1.33. The lowest BCUT2D eigenvalue weighted by molar-refractivity contribution is -0.160. The zero-order chi connectivity index (χ0) is 32.3. The van der Waals surface area contributed by atoms with Crippen LogP contribution in [0.5, 0.6) is 0 Å². The van der Waals surface area contributed by atoms with Gasteiger partial charge in [0.1, 0.15) is 5.01 Å². The van der Waals surface area contributed by atoms with E-state index in [1.54, 1.807) is 11.3 Å². The third kappa shape index (κ3) is 5.79. The lowest BCUT2D eigenvalue weighted by Gasteiger charge is -2.39. The minimum absolute atomic E-state index is 0.613. The molecule has 0 unspecified atom stereocenters. The molecule has 10 heteroatoms. The molecule has 2 aliphatic heterocycles. The summed E-state index contributed by atoms with van der Waals surface area (Å²) in [6, 6.07) is 16.0. The molecule has 7 rings (SSSR count). The van der Waals surface area contributed by atoms with Crippen LogP contribution in [0.25, 0.3) is 42.8 Å². The number of aliphatic carboxylic acids is 1. The molecule has 0 aliphatic carbocycles. The number of carboxylic acid groups (broad SMARTS) is 1. The van der Waals surface area contributed by atoms with Crippen LogP contribution in [0.1, 0.15) is 50.8 Å². The van der Waals surface area contributed by atoms with Gasteiger partial charge in [-0.2, -0.15) is 5.10 Å². The van der Waals surface area contributed by atoms with Crippen molar-refractivity contribution in [2.24, 2.45) is 18.9 Å². The normalized spacial score (nSPS) is 17.1. The average Bonchev–Trinajstić information content (AvgIpc) is 3.55. The number of fused-ring (bicyclic) bond motifs is 2. The summed E-state index contributed by atoms with van der Waals surface area (Å²) in [4.78, 5) is 20.3. The van der Waals surface area contributed by atoms with Gasteiger partial charge in [-0.05, 0) is 94.0 Å². The number of benzene rings is 3. The third-order valence-electron chi connectivity index (χ3n) is 9.27. The van der Waals surface area contributed by atoms with Gasteiger partial charge >= 0.3 is 5.97 Å². The van der Waals surface area contributed by atoms with Gasteiger partial charge in [0.15, 0.2) is 11.9 Å². The fraction of sp³-hybridized carbons (Fsp3) is 0.417. The molecule has 0 amide bonds. The quantitative estimate of drug-likeness (QED) is 0.188. The van der Waals surface area contributed by atoms with Crippen molar-refractivity contribution in [1.29, 1.82) is 0 Å². The summed E-state index contributed by atoms with van der Waals surface area (Å²) in [6.45, 7) is 11.4. The Hall–Kier alpha value is -3.50. The minimum atomic E-state index is -1.16. The first-order valence-corrected chi connectivity index (χ1v) is 17.1. The smallest absolute Gasteiger partial charge is 0.337 e. The van der Waals surface area contributed by atoms with Gasteiger partial charge in [0, 0.05) is 53.2 Å². The number of halogens is 1. The van der Waals surface area contributed by atoms with E-state index in [0.717, 1.165) is 99.3 Å². The maximum atomic E-state index is 12.7. The molecule has 2 fully saturated rings. The molecule has 4 heterocycles. The van der Waals surface area contributed by atoms with Crippen LogP contribution in [0.4, 0.5) is 5.82 Å². The van der Waals surface area contributed by atoms with Crippen LogP contribution < -0.4 is 4.90 Å². The van der Waals surface area contributed by atoms with Crippen molar-refractivity contribution in [3.05, 3.63) is 64.7 Å². The summed E-state index contributed by atoms with van der Waals surface area (Å²) in [7, 11) is 2.00. The Morgan fingerprint density at radius 2 is 1.76 bits per heavy atom. The molecular formula is C36H39ClN4O4S. The number of hydrogen-bond donors (Lipinski definition) is 1. The van der Waals surface area contributed by atoms with Crippen molar-refractivity contribution in [3.8, 4) is 21.7 Å². The summed E-state index contributed by atoms with van der Waals surface area (Å²) in [5.41, 5.74) is 5.37. The van der Waals surface area contributed by atoms with Crippen LogP contribution in [0.15, 0.2) is 48.5 Å². The second-order valence-electron chi connectivity index (χ2n) is 13.6. The lowest BCUT2D eigenvalue weighted by Crippen LogP contribution is -2.42. The Bertz CT molecular complexity index is 1930. The molecule has 46 heavy (non-hydrogen) atoms. The van der Waals surface area contributed by atoms with Crippen LogP contribution in [0.3, 0.4) is 0 Å². The second-order valence-corrected chi connectivity index (χ2v) is 15.0. The van der Waals surface area contributed by atoms with Crippen LogP contribution in [-0.2, 0) is 21.3 Å². The van der Waals surface area contributed by atoms with Crippen LogP contribution >= 0.6 is 22.9 Å². The van der Waals surface area contributed by atoms with Gasteiger partial charge < -0.3 is 19.5 Å². The molecule has 0 saturated carbocycles. The first kappa shape index (κ1) is 31.1. The largest absolute Gasteiger partial charge is 0.479 e. The van der Waals surface area contributed by atoms with Gasteiger partial charge in [-0.15, -0.1) is 11.3 Å². The van der Waals surface area contributed by atoms with Crippen molar-refractivity contribution < 1.29 is 19.4 Å². The molecule has 0 spiro atoms. The summed E-state index contributed by atoms with van der Waals surface area (Å²) >= 11 is 7.85.